The summed E-state index contributed by atoms with van der Waals surface area (Å²) in [5.41, 5.74) is 6.64. The Bertz CT molecular complexity index is 1610. The zero-order chi connectivity index (χ0) is 29.9. The van der Waals surface area contributed by atoms with Crippen LogP contribution in [0, 0.1) is 0 Å². The standard InChI is InChI=1S/C35H34N2O5/c1-35(2,3)42-33(39)24-17-19-27(20-18-24)37(4)32(38)31(23-11-6-5-7-12-23)36-34(40)41-22-26-14-10-16-29-28-15-9-8-13-25(28)21-30(26)29/h5-20,31H,21-22H2,1-4H3,(H,36,40)/t31-/m0/s1. The Morgan fingerprint density at radius 3 is 2.21 bits per heavy atom. The second-order valence-electron chi connectivity index (χ2n) is 11.3. The van der Waals surface area contributed by atoms with Gasteiger partial charge in [0, 0.05) is 12.7 Å². The molecule has 0 saturated heterocycles. The maximum absolute atomic E-state index is 13.7. The highest BCUT2D eigenvalue weighted by atomic mass is 16.6. The second-order valence-corrected chi connectivity index (χ2v) is 11.3. The van der Waals surface area contributed by atoms with Crippen LogP contribution in [0.1, 0.15) is 59.4 Å². The molecule has 0 unspecified atom stereocenters. The van der Waals surface area contributed by atoms with Gasteiger partial charge < -0.3 is 19.7 Å². The number of carbonyl (C=O) groups excluding carboxylic acids is 3. The van der Waals surface area contributed by atoms with E-state index in [9.17, 15) is 14.4 Å². The van der Waals surface area contributed by atoms with Gasteiger partial charge in [-0.1, -0.05) is 72.8 Å². The van der Waals surface area contributed by atoms with Gasteiger partial charge in [0.05, 0.1) is 5.56 Å². The minimum atomic E-state index is -0.986. The third kappa shape index (κ3) is 6.36. The van der Waals surface area contributed by atoms with Crippen molar-refractivity contribution < 1.29 is 23.9 Å². The Kier molecular flexibility index (Phi) is 8.11. The number of carbonyl (C=O) groups is 3. The molecule has 0 saturated carbocycles. The Morgan fingerprint density at radius 1 is 0.833 bits per heavy atom. The Hall–Kier alpha value is -4.91. The lowest BCUT2D eigenvalue weighted by atomic mass is 10.0. The van der Waals surface area contributed by atoms with E-state index >= 15 is 0 Å². The molecule has 0 radical (unpaired) electrons. The molecule has 214 valence electrons. The largest absolute Gasteiger partial charge is 0.456 e. The zero-order valence-electron chi connectivity index (χ0n) is 24.2. The van der Waals surface area contributed by atoms with Gasteiger partial charge in [0.25, 0.3) is 5.91 Å². The molecule has 4 aromatic carbocycles. The van der Waals surface area contributed by atoms with Crippen LogP contribution in [-0.2, 0) is 27.3 Å². The minimum Gasteiger partial charge on any atom is -0.456 e. The van der Waals surface area contributed by atoms with E-state index in [1.54, 1.807) is 64.2 Å². The number of nitrogens with zero attached hydrogens (tertiary/aromatic N) is 1. The molecule has 7 nitrogen and oxygen atoms in total. The van der Waals surface area contributed by atoms with Crippen LogP contribution in [-0.4, -0.2) is 30.6 Å². The molecular formula is C35H34N2O5. The van der Waals surface area contributed by atoms with E-state index in [1.165, 1.54) is 16.0 Å². The summed E-state index contributed by atoms with van der Waals surface area (Å²) in [5, 5.41) is 2.77. The molecule has 0 bridgehead atoms. The molecule has 0 fully saturated rings. The van der Waals surface area contributed by atoms with Gasteiger partial charge in [0.1, 0.15) is 18.2 Å². The fraction of sp³-hybridized carbons (Fsp3) is 0.229. The lowest BCUT2D eigenvalue weighted by Crippen LogP contribution is -2.41. The first-order valence-electron chi connectivity index (χ1n) is 13.9. The molecule has 5 rings (SSSR count). The molecule has 0 aliphatic heterocycles. The highest BCUT2D eigenvalue weighted by Crippen LogP contribution is 2.38. The average Bonchev–Trinajstić information content (AvgIpc) is 3.37. The molecule has 1 aliphatic carbocycles. The van der Waals surface area contributed by atoms with Gasteiger partial charge >= 0.3 is 12.1 Å². The number of alkyl carbamates (subject to hydrolysis) is 1. The number of anilines is 1. The summed E-state index contributed by atoms with van der Waals surface area (Å²) in [4.78, 5) is 40.6. The van der Waals surface area contributed by atoms with Gasteiger partial charge in [0.15, 0.2) is 0 Å². The van der Waals surface area contributed by atoms with E-state index in [0.29, 0.717) is 16.8 Å². The summed E-state index contributed by atoms with van der Waals surface area (Å²) < 4.78 is 11.1. The molecule has 2 amide bonds. The molecule has 42 heavy (non-hydrogen) atoms. The van der Waals surface area contributed by atoms with Gasteiger partial charge in [-0.05, 0) is 84.8 Å². The number of benzene rings is 4. The van der Waals surface area contributed by atoms with Crippen LogP contribution in [0.25, 0.3) is 11.1 Å². The zero-order valence-corrected chi connectivity index (χ0v) is 24.2. The molecule has 1 aliphatic rings. The number of nitrogens with one attached hydrogen (secondary N) is 1. The van der Waals surface area contributed by atoms with Crippen LogP contribution in [0.5, 0.6) is 0 Å². The smallest absolute Gasteiger partial charge is 0.408 e. The number of hydrogen-bond acceptors (Lipinski definition) is 5. The normalized spacial score (nSPS) is 12.5. The van der Waals surface area contributed by atoms with Crippen LogP contribution in [0.3, 0.4) is 0 Å². The summed E-state index contributed by atoms with van der Waals surface area (Å²) in [6.45, 7) is 5.50. The summed E-state index contributed by atoms with van der Waals surface area (Å²) in [5.74, 6) is -0.804. The highest BCUT2D eigenvalue weighted by Gasteiger charge is 2.28. The third-order valence-electron chi connectivity index (χ3n) is 7.17. The van der Waals surface area contributed by atoms with Crippen molar-refractivity contribution in [2.75, 3.05) is 11.9 Å². The number of fused-ring (bicyclic) bond motifs is 3. The maximum atomic E-state index is 13.7. The molecule has 1 atom stereocenters. The molecule has 4 aromatic rings. The van der Waals surface area contributed by atoms with Crippen molar-refractivity contribution >= 4 is 23.7 Å². The Labute approximate surface area is 246 Å². The maximum Gasteiger partial charge on any atom is 0.408 e. The predicted octanol–water partition coefficient (Wildman–Crippen LogP) is 6.84. The van der Waals surface area contributed by atoms with Crippen molar-refractivity contribution in [1.82, 2.24) is 5.32 Å². The van der Waals surface area contributed by atoms with E-state index in [0.717, 1.165) is 23.1 Å². The first-order chi connectivity index (χ1) is 20.1. The van der Waals surface area contributed by atoms with Crippen LogP contribution in [0.15, 0.2) is 97.1 Å². The summed E-state index contributed by atoms with van der Waals surface area (Å²) in [6, 6.07) is 28.9. The summed E-state index contributed by atoms with van der Waals surface area (Å²) in [6.07, 6.45) is 0.0916. The monoisotopic (exact) mass is 562 g/mol. The van der Waals surface area contributed by atoms with Crippen LogP contribution >= 0.6 is 0 Å². The van der Waals surface area contributed by atoms with E-state index in [-0.39, 0.29) is 12.5 Å². The third-order valence-corrected chi connectivity index (χ3v) is 7.17. The molecule has 0 heterocycles. The quantitative estimate of drug-likeness (QED) is 0.220. The first kappa shape index (κ1) is 28.6. The number of amides is 2. The SMILES string of the molecule is CN(C(=O)[C@@H](NC(=O)OCc1cccc2c1Cc1ccccc1-2)c1ccccc1)c1ccc(C(=O)OC(C)(C)C)cc1. The van der Waals surface area contributed by atoms with Crippen molar-refractivity contribution in [3.8, 4) is 11.1 Å². The fourth-order valence-corrected chi connectivity index (χ4v) is 5.07. The van der Waals surface area contributed by atoms with E-state index in [4.69, 9.17) is 9.47 Å². The Morgan fingerprint density at radius 2 is 1.50 bits per heavy atom. The Balaban J connectivity index is 1.29. The topological polar surface area (TPSA) is 84.9 Å². The number of ether oxygens (including phenoxy) is 2. The van der Waals surface area contributed by atoms with Crippen molar-refractivity contribution in [1.29, 1.82) is 0 Å². The predicted molar refractivity (Wildman–Crippen MR) is 162 cm³/mol. The van der Waals surface area contributed by atoms with Crippen molar-refractivity contribution in [3.05, 3.63) is 125 Å². The van der Waals surface area contributed by atoms with Gasteiger partial charge in [0.2, 0.25) is 0 Å². The summed E-state index contributed by atoms with van der Waals surface area (Å²) in [7, 11) is 1.62. The van der Waals surface area contributed by atoms with Crippen molar-refractivity contribution in [2.45, 2.75) is 45.4 Å². The second kappa shape index (κ2) is 11.9. The van der Waals surface area contributed by atoms with Crippen LogP contribution in [0.2, 0.25) is 0 Å². The van der Waals surface area contributed by atoms with Gasteiger partial charge in [-0.15, -0.1) is 0 Å². The minimum absolute atomic E-state index is 0.0840. The van der Waals surface area contributed by atoms with E-state index < -0.39 is 23.7 Å². The highest BCUT2D eigenvalue weighted by molar-refractivity contribution is 5.99. The lowest BCUT2D eigenvalue weighted by molar-refractivity contribution is -0.120. The number of rotatable bonds is 7. The van der Waals surface area contributed by atoms with Crippen LogP contribution in [0.4, 0.5) is 10.5 Å². The molecule has 1 N–H and O–H groups in total. The van der Waals surface area contributed by atoms with E-state index in [1.807, 2.05) is 42.5 Å². The average molecular weight is 563 g/mol. The summed E-state index contributed by atoms with van der Waals surface area (Å²) >= 11 is 0. The van der Waals surface area contributed by atoms with Crippen molar-refractivity contribution in [2.24, 2.45) is 0 Å². The van der Waals surface area contributed by atoms with Gasteiger partial charge in [-0.3, -0.25) is 4.79 Å². The molecule has 7 heteroatoms. The molecular weight excluding hydrogens is 528 g/mol. The number of likely N-dealkylation sites (N-methyl/N-ethyl adjacent to an activating group) is 1. The van der Waals surface area contributed by atoms with Crippen LogP contribution < -0.4 is 10.2 Å². The van der Waals surface area contributed by atoms with Gasteiger partial charge in [-0.25, -0.2) is 9.59 Å². The van der Waals surface area contributed by atoms with Crippen molar-refractivity contribution in [3.63, 3.8) is 0 Å². The lowest BCUT2D eigenvalue weighted by Gasteiger charge is -2.25. The van der Waals surface area contributed by atoms with Gasteiger partial charge in [-0.2, -0.15) is 0 Å². The molecule has 0 spiro atoms. The number of hydrogen-bond donors (Lipinski definition) is 1. The molecule has 0 aromatic heterocycles. The first-order valence-corrected chi connectivity index (χ1v) is 13.9. The fourth-order valence-electron chi connectivity index (χ4n) is 5.07. The number of esters is 1. The van der Waals surface area contributed by atoms with E-state index in [2.05, 4.69) is 23.5 Å².